The normalized spacial score (nSPS) is 12.6. The van der Waals surface area contributed by atoms with Gasteiger partial charge in [-0.3, -0.25) is 14.4 Å². The van der Waals surface area contributed by atoms with Gasteiger partial charge in [-0.15, -0.1) is 0 Å². The molecular weight excluding hydrogens is 278 g/mol. The summed E-state index contributed by atoms with van der Waals surface area (Å²) in [6.45, 7) is 1.94. The van der Waals surface area contributed by atoms with E-state index in [0.717, 1.165) is 12.0 Å². The fourth-order valence-electron chi connectivity index (χ4n) is 2.65. The molecule has 0 heterocycles. The minimum atomic E-state index is -0.500. The predicted molar refractivity (Wildman–Crippen MR) is 84.1 cm³/mol. The van der Waals surface area contributed by atoms with E-state index >= 15 is 0 Å². The first-order valence-electron chi connectivity index (χ1n) is 7.24. The SMILES string of the molecule is CCCC(=O)Nc1ccc2c(c1)-c1ccccc1C(=O)C2=O. The Hall–Kier alpha value is -2.75. The van der Waals surface area contributed by atoms with Crippen LogP contribution in [0.5, 0.6) is 0 Å². The van der Waals surface area contributed by atoms with E-state index < -0.39 is 11.6 Å². The Kier molecular flexibility index (Phi) is 3.59. The van der Waals surface area contributed by atoms with E-state index in [1.165, 1.54) is 0 Å². The van der Waals surface area contributed by atoms with Gasteiger partial charge in [0.25, 0.3) is 0 Å². The van der Waals surface area contributed by atoms with Crippen LogP contribution in [0, 0.1) is 0 Å². The topological polar surface area (TPSA) is 63.2 Å². The maximum absolute atomic E-state index is 12.2. The van der Waals surface area contributed by atoms with Gasteiger partial charge in [0.15, 0.2) is 0 Å². The van der Waals surface area contributed by atoms with Gasteiger partial charge < -0.3 is 5.32 Å². The molecule has 3 rings (SSSR count). The molecule has 0 aromatic heterocycles. The van der Waals surface area contributed by atoms with Gasteiger partial charge in [0.2, 0.25) is 17.5 Å². The predicted octanol–water partition coefficient (Wildman–Crippen LogP) is 3.47. The second kappa shape index (κ2) is 5.56. The Morgan fingerprint density at radius 2 is 1.55 bits per heavy atom. The molecule has 0 spiro atoms. The van der Waals surface area contributed by atoms with E-state index in [1.54, 1.807) is 30.3 Å². The molecule has 0 atom stereocenters. The van der Waals surface area contributed by atoms with Crippen molar-refractivity contribution in [1.29, 1.82) is 0 Å². The fourth-order valence-corrected chi connectivity index (χ4v) is 2.65. The molecular formula is C18H15NO3. The third-order valence-electron chi connectivity index (χ3n) is 3.69. The Bertz CT molecular complexity index is 793. The zero-order valence-electron chi connectivity index (χ0n) is 12.2. The third kappa shape index (κ3) is 2.33. The number of Topliss-reactive ketones (excluding diaryl/α,β-unsaturated/α-hetero) is 2. The quantitative estimate of drug-likeness (QED) is 0.881. The highest BCUT2D eigenvalue weighted by Crippen LogP contribution is 2.35. The molecule has 4 heteroatoms. The van der Waals surface area contributed by atoms with Crippen molar-refractivity contribution in [3.63, 3.8) is 0 Å². The summed E-state index contributed by atoms with van der Waals surface area (Å²) < 4.78 is 0. The van der Waals surface area contributed by atoms with E-state index in [4.69, 9.17) is 0 Å². The summed E-state index contributed by atoms with van der Waals surface area (Å²) in [4.78, 5) is 36.0. The molecule has 0 radical (unpaired) electrons. The molecule has 1 N–H and O–H groups in total. The molecule has 4 nitrogen and oxygen atoms in total. The van der Waals surface area contributed by atoms with Crippen LogP contribution < -0.4 is 5.32 Å². The second-order valence-corrected chi connectivity index (χ2v) is 5.26. The molecule has 1 aliphatic carbocycles. The summed E-state index contributed by atoms with van der Waals surface area (Å²) >= 11 is 0. The summed E-state index contributed by atoms with van der Waals surface area (Å²) in [5, 5.41) is 2.81. The molecule has 0 bridgehead atoms. The van der Waals surface area contributed by atoms with E-state index in [-0.39, 0.29) is 5.91 Å². The number of ketones is 2. The van der Waals surface area contributed by atoms with Crippen molar-refractivity contribution in [1.82, 2.24) is 0 Å². The first-order valence-corrected chi connectivity index (χ1v) is 7.24. The Balaban J connectivity index is 2.07. The van der Waals surface area contributed by atoms with E-state index in [2.05, 4.69) is 5.32 Å². The molecule has 1 aliphatic rings. The second-order valence-electron chi connectivity index (χ2n) is 5.26. The van der Waals surface area contributed by atoms with Crippen LogP contribution >= 0.6 is 0 Å². The van der Waals surface area contributed by atoms with Crippen LogP contribution in [0.3, 0.4) is 0 Å². The van der Waals surface area contributed by atoms with Gasteiger partial charge in [-0.2, -0.15) is 0 Å². The summed E-state index contributed by atoms with van der Waals surface area (Å²) in [6, 6.07) is 12.1. The standard InChI is InChI=1S/C18H15NO3/c1-2-5-16(20)19-11-8-9-14-15(10-11)12-6-3-4-7-13(12)17(21)18(14)22/h3-4,6-10H,2,5H2,1H3,(H,19,20). The van der Waals surface area contributed by atoms with Crippen molar-refractivity contribution in [3.8, 4) is 11.1 Å². The molecule has 1 amide bonds. The Labute approximate surface area is 128 Å². The summed E-state index contributed by atoms with van der Waals surface area (Å²) in [5.41, 5.74) is 2.85. The zero-order chi connectivity index (χ0) is 15.7. The maximum atomic E-state index is 12.2. The van der Waals surface area contributed by atoms with Gasteiger partial charge >= 0.3 is 0 Å². The maximum Gasteiger partial charge on any atom is 0.234 e. The number of amides is 1. The third-order valence-corrected chi connectivity index (χ3v) is 3.69. The number of fused-ring (bicyclic) bond motifs is 3. The lowest BCUT2D eigenvalue weighted by molar-refractivity contribution is -0.116. The van der Waals surface area contributed by atoms with Crippen LogP contribution in [0.4, 0.5) is 5.69 Å². The van der Waals surface area contributed by atoms with Crippen molar-refractivity contribution < 1.29 is 14.4 Å². The number of anilines is 1. The summed E-state index contributed by atoms with van der Waals surface area (Å²) in [7, 11) is 0. The monoisotopic (exact) mass is 293 g/mol. The van der Waals surface area contributed by atoms with Gasteiger partial charge in [0.1, 0.15) is 0 Å². The largest absolute Gasteiger partial charge is 0.326 e. The lowest BCUT2D eigenvalue weighted by Crippen LogP contribution is -2.21. The van der Waals surface area contributed by atoms with Gasteiger partial charge in [0.05, 0.1) is 0 Å². The number of hydrogen-bond acceptors (Lipinski definition) is 3. The molecule has 0 saturated heterocycles. The zero-order valence-corrected chi connectivity index (χ0v) is 12.2. The molecule has 0 unspecified atom stereocenters. The minimum absolute atomic E-state index is 0.0612. The first-order chi connectivity index (χ1) is 10.6. The number of carbonyl (C=O) groups excluding carboxylic acids is 3. The van der Waals surface area contributed by atoms with Gasteiger partial charge in [0, 0.05) is 23.2 Å². The number of nitrogens with one attached hydrogen (secondary N) is 1. The summed E-state index contributed by atoms with van der Waals surface area (Å²) in [6.07, 6.45) is 1.22. The molecule has 2 aromatic rings. The lowest BCUT2D eigenvalue weighted by Gasteiger charge is -2.18. The van der Waals surface area contributed by atoms with Crippen molar-refractivity contribution in [2.45, 2.75) is 19.8 Å². The van der Waals surface area contributed by atoms with E-state index in [9.17, 15) is 14.4 Å². The number of hydrogen-bond donors (Lipinski definition) is 1. The van der Waals surface area contributed by atoms with Crippen LogP contribution in [0.2, 0.25) is 0 Å². The van der Waals surface area contributed by atoms with E-state index in [1.807, 2.05) is 19.1 Å². The number of rotatable bonds is 3. The highest BCUT2D eigenvalue weighted by atomic mass is 16.2. The average Bonchev–Trinajstić information content (AvgIpc) is 2.53. The van der Waals surface area contributed by atoms with Crippen molar-refractivity contribution in [2.24, 2.45) is 0 Å². The highest BCUT2D eigenvalue weighted by Gasteiger charge is 2.30. The molecule has 0 saturated carbocycles. The Morgan fingerprint density at radius 1 is 0.909 bits per heavy atom. The van der Waals surface area contributed by atoms with Crippen LogP contribution in [0.15, 0.2) is 42.5 Å². The molecule has 2 aromatic carbocycles. The fraction of sp³-hybridized carbons (Fsp3) is 0.167. The van der Waals surface area contributed by atoms with Crippen molar-refractivity contribution in [2.75, 3.05) is 5.32 Å². The van der Waals surface area contributed by atoms with Gasteiger partial charge in [-0.25, -0.2) is 0 Å². The highest BCUT2D eigenvalue weighted by molar-refractivity contribution is 6.53. The average molecular weight is 293 g/mol. The first kappa shape index (κ1) is 14.2. The molecule has 0 aliphatic heterocycles. The van der Waals surface area contributed by atoms with Crippen LogP contribution in [-0.4, -0.2) is 17.5 Å². The smallest absolute Gasteiger partial charge is 0.234 e. The van der Waals surface area contributed by atoms with Crippen LogP contribution in [0.1, 0.15) is 40.5 Å². The minimum Gasteiger partial charge on any atom is -0.326 e. The van der Waals surface area contributed by atoms with Crippen molar-refractivity contribution in [3.05, 3.63) is 53.6 Å². The van der Waals surface area contributed by atoms with Gasteiger partial charge in [-0.1, -0.05) is 31.2 Å². The summed E-state index contributed by atoms with van der Waals surface area (Å²) in [5.74, 6) is -1.04. The molecule has 0 fully saturated rings. The van der Waals surface area contributed by atoms with Crippen LogP contribution in [-0.2, 0) is 4.79 Å². The van der Waals surface area contributed by atoms with Gasteiger partial charge in [-0.05, 0) is 35.7 Å². The van der Waals surface area contributed by atoms with E-state index in [0.29, 0.717) is 28.8 Å². The Morgan fingerprint density at radius 3 is 2.23 bits per heavy atom. The van der Waals surface area contributed by atoms with Crippen LogP contribution in [0.25, 0.3) is 11.1 Å². The van der Waals surface area contributed by atoms with Crippen molar-refractivity contribution >= 4 is 23.2 Å². The molecule has 22 heavy (non-hydrogen) atoms. The number of benzene rings is 2. The number of carbonyl (C=O) groups is 3. The lowest BCUT2D eigenvalue weighted by atomic mass is 9.84. The molecule has 110 valence electrons.